The molecule has 0 N–H and O–H groups in total. The van der Waals surface area contributed by atoms with Gasteiger partial charge in [-0.15, -0.1) is 0 Å². The second-order valence-electron chi connectivity index (χ2n) is 8.23. The minimum atomic E-state index is -6.29. The zero-order valence-electron chi connectivity index (χ0n) is 20.8. The van der Waals surface area contributed by atoms with Crippen LogP contribution in [0.4, 0.5) is 17.6 Å². The van der Waals surface area contributed by atoms with Crippen molar-refractivity contribution in [3.63, 3.8) is 0 Å². The maximum atomic E-state index is 15.2. The Bertz CT molecular complexity index is 1270. The molecule has 0 aliphatic carbocycles. The highest BCUT2D eigenvalue weighted by Crippen LogP contribution is 2.70. The molecule has 0 saturated carbocycles. The van der Waals surface area contributed by atoms with Crippen molar-refractivity contribution in [3.8, 4) is 0 Å². The van der Waals surface area contributed by atoms with E-state index in [0.717, 1.165) is 0 Å². The molecule has 0 unspecified atom stereocenters. The average molecular weight is 587 g/mol. The van der Waals surface area contributed by atoms with Gasteiger partial charge in [0.1, 0.15) is 0 Å². The quantitative estimate of drug-likeness (QED) is 0.0710. The van der Waals surface area contributed by atoms with Crippen LogP contribution in [0.25, 0.3) is 0 Å². The summed E-state index contributed by atoms with van der Waals surface area (Å²) >= 11 is 0. The number of benzene rings is 3. The Labute approximate surface area is 225 Å². The summed E-state index contributed by atoms with van der Waals surface area (Å²) in [5, 5.41) is -5.64. The van der Waals surface area contributed by atoms with E-state index in [4.69, 9.17) is 3.63 Å². The van der Waals surface area contributed by atoms with Gasteiger partial charge in [0.2, 0.25) is 0 Å². The number of alkyl halides is 4. The largest absolute Gasteiger partial charge is 0.435 e. The van der Waals surface area contributed by atoms with Gasteiger partial charge in [0.25, 0.3) is 0 Å². The van der Waals surface area contributed by atoms with Crippen LogP contribution in [0.1, 0.15) is 13.3 Å². The van der Waals surface area contributed by atoms with Crippen LogP contribution in [0, 0.1) is 0 Å². The molecular formula is C27H26F4O6S2. The molecule has 6 nitrogen and oxygen atoms in total. The van der Waals surface area contributed by atoms with E-state index in [1.807, 2.05) is 0 Å². The van der Waals surface area contributed by atoms with Crippen molar-refractivity contribution in [3.05, 3.63) is 103 Å². The molecule has 0 aliphatic heterocycles. The van der Waals surface area contributed by atoms with Gasteiger partial charge in [-0.1, -0.05) is 61.2 Å². The van der Waals surface area contributed by atoms with Gasteiger partial charge < -0.3 is 9.47 Å². The monoisotopic (exact) mass is 586 g/mol. The molecule has 3 aromatic carbocycles. The van der Waals surface area contributed by atoms with Crippen LogP contribution >= 0.6 is 10.3 Å². The topological polar surface area (TPSA) is 78.9 Å². The second-order valence-corrected chi connectivity index (χ2v) is 12.7. The highest BCUT2D eigenvalue weighted by Gasteiger charge is 2.67. The van der Waals surface area contributed by atoms with Crippen molar-refractivity contribution < 1.29 is 43.9 Å². The fraction of sp³-hybridized carbons (Fsp3) is 0.222. The van der Waals surface area contributed by atoms with Gasteiger partial charge in [-0.2, -0.15) is 26.0 Å². The fourth-order valence-electron chi connectivity index (χ4n) is 3.35. The lowest BCUT2D eigenvalue weighted by molar-refractivity contribution is -0.178. The van der Waals surface area contributed by atoms with Crippen molar-refractivity contribution in [2.24, 2.45) is 0 Å². The Morgan fingerprint density at radius 1 is 0.795 bits per heavy atom. The molecule has 0 spiro atoms. The first-order valence-electron chi connectivity index (χ1n) is 11.5. The zero-order chi connectivity index (χ0) is 28.7. The molecule has 0 heterocycles. The average Bonchev–Trinajstić information content (AvgIpc) is 2.92. The smallest absolute Gasteiger partial charge is 0.432 e. The van der Waals surface area contributed by atoms with Gasteiger partial charge in [0.05, 0.1) is 6.61 Å². The van der Waals surface area contributed by atoms with E-state index in [-0.39, 0.29) is 20.3 Å². The molecule has 210 valence electrons. The van der Waals surface area contributed by atoms with Gasteiger partial charge >= 0.3 is 27.3 Å². The van der Waals surface area contributed by atoms with Crippen LogP contribution < -0.4 is 0 Å². The predicted octanol–water partition coefficient (Wildman–Crippen LogP) is 6.94. The molecule has 0 aromatic heterocycles. The molecule has 12 heteroatoms. The number of carbonyl (C=O) groups excluding carboxylic acids is 1. The van der Waals surface area contributed by atoms with Crippen molar-refractivity contribution in [2.45, 2.75) is 39.2 Å². The maximum absolute atomic E-state index is 15.2. The molecule has 0 bridgehead atoms. The Morgan fingerprint density at radius 3 is 1.59 bits per heavy atom. The number of esters is 1. The summed E-state index contributed by atoms with van der Waals surface area (Å²) in [6.07, 6.45) is -1.70. The standard InChI is InChI=1S/C27H26F4O6S2/c1-21(2)25(32)36-20-35-19-18-26(28,29)27(30,31)39(33,34)37-38(22-12-6-3-7-13-22,23-14-8-4-9-15-23)24-16-10-5-11-17-24/h3-17H,1,18-20H2,2H3. The lowest BCUT2D eigenvalue weighted by Crippen LogP contribution is -2.48. The molecular weight excluding hydrogens is 560 g/mol. The summed E-state index contributed by atoms with van der Waals surface area (Å²) in [7, 11) is -9.76. The van der Waals surface area contributed by atoms with Crippen molar-refractivity contribution in [1.29, 1.82) is 0 Å². The van der Waals surface area contributed by atoms with E-state index in [1.165, 1.54) is 43.3 Å². The van der Waals surface area contributed by atoms with E-state index in [2.05, 4.69) is 16.1 Å². The number of carbonyl (C=O) groups is 1. The van der Waals surface area contributed by atoms with E-state index in [1.54, 1.807) is 54.6 Å². The summed E-state index contributed by atoms with van der Waals surface area (Å²) in [5.74, 6) is -5.97. The highest BCUT2D eigenvalue weighted by molar-refractivity contribution is 8.33. The van der Waals surface area contributed by atoms with Crippen LogP contribution in [-0.4, -0.2) is 39.0 Å². The molecule has 39 heavy (non-hydrogen) atoms. The van der Waals surface area contributed by atoms with Crippen LogP contribution in [0.15, 0.2) is 118 Å². The fourth-order valence-corrected chi connectivity index (χ4v) is 8.61. The van der Waals surface area contributed by atoms with Crippen LogP contribution in [0.3, 0.4) is 0 Å². The first-order chi connectivity index (χ1) is 18.3. The van der Waals surface area contributed by atoms with Gasteiger partial charge in [0.15, 0.2) is 6.79 Å². The van der Waals surface area contributed by atoms with E-state index >= 15 is 8.78 Å². The first kappa shape index (κ1) is 30.4. The molecule has 0 radical (unpaired) electrons. The van der Waals surface area contributed by atoms with Crippen LogP contribution in [-0.2, 0) is 28.0 Å². The molecule has 3 rings (SSSR count). The lowest BCUT2D eigenvalue weighted by atomic mass is 10.2. The third-order valence-electron chi connectivity index (χ3n) is 5.34. The third-order valence-corrected chi connectivity index (χ3v) is 10.6. The summed E-state index contributed by atoms with van der Waals surface area (Å²) in [4.78, 5) is 11.9. The third kappa shape index (κ3) is 6.52. The summed E-state index contributed by atoms with van der Waals surface area (Å²) < 4.78 is 101. The molecule has 0 fully saturated rings. The second kappa shape index (κ2) is 12.3. The Kier molecular flexibility index (Phi) is 9.60. The maximum Gasteiger partial charge on any atom is 0.432 e. The molecule has 0 aliphatic rings. The van der Waals surface area contributed by atoms with Crippen molar-refractivity contribution in [1.82, 2.24) is 0 Å². The van der Waals surface area contributed by atoms with E-state index in [0.29, 0.717) is 0 Å². The molecule has 0 saturated heterocycles. The minimum absolute atomic E-state index is 0.0138. The highest BCUT2D eigenvalue weighted by atomic mass is 32.3. The van der Waals surface area contributed by atoms with Crippen LogP contribution in [0.5, 0.6) is 0 Å². The Balaban J connectivity index is 1.99. The van der Waals surface area contributed by atoms with Crippen molar-refractivity contribution in [2.75, 3.05) is 13.4 Å². The summed E-state index contributed by atoms with van der Waals surface area (Å²) in [6, 6.07) is 23.2. The minimum Gasteiger partial charge on any atom is -0.435 e. The lowest BCUT2D eigenvalue weighted by Gasteiger charge is -2.40. The van der Waals surface area contributed by atoms with Crippen LogP contribution in [0.2, 0.25) is 0 Å². The summed E-state index contributed by atoms with van der Waals surface area (Å²) in [5.41, 5.74) is 0.0138. The van der Waals surface area contributed by atoms with Gasteiger partial charge in [0, 0.05) is 26.7 Å². The summed E-state index contributed by atoms with van der Waals surface area (Å²) in [6.45, 7) is 2.82. The number of hydrogen-bond donors (Lipinski definition) is 0. The number of halogens is 4. The van der Waals surface area contributed by atoms with E-state index < -0.39 is 57.4 Å². The number of rotatable bonds is 13. The SMILES string of the molecule is C=C(C)C(=O)OCOCCC(F)(F)C(F)(F)S(=O)(=O)OS(c1ccccc1)(c1ccccc1)c1ccccc1. The van der Waals surface area contributed by atoms with E-state index in [9.17, 15) is 22.0 Å². The predicted molar refractivity (Wildman–Crippen MR) is 138 cm³/mol. The normalized spacial score (nSPS) is 13.1. The van der Waals surface area contributed by atoms with Gasteiger partial charge in [-0.25, -0.2) is 8.42 Å². The number of ether oxygens (including phenoxy) is 2. The number of hydrogen-bond acceptors (Lipinski definition) is 6. The van der Waals surface area contributed by atoms with Gasteiger partial charge in [-0.3, -0.25) is 0 Å². The van der Waals surface area contributed by atoms with Crippen molar-refractivity contribution >= 4 is 26.4 Å². The first-order valence-corrected chi connectivity index (χ1v) is 14.4. The molecule has 3 aromatic rings. The molecule has 0 atom stereocenters. The Hall–Kier alpha value is -3.19. The zero-order valence-corrected chi connectivity index (χ0v) is 22.4. The molecule has 0 amide bonds. The Morgan fingerprint density at radius 2 is 1.21 bits per heavy atom. The van der Waals surface area contributed by atoms with Gasteiger partial charge in [-0.05, 0) is 53.6 Å².